The summed E-state index contributed by atoms with van der Waals surface area (Å²) in [5, 5.41) is 0. The summed E-state index contributed by atoms with van der Waals surface area (Å²) >= 11 is 0. The van der Waals surface area contributed by atoms with Gasteiger partial charge in [-0.25, -0.2) is 18.4 Å². The van der Waals surface area contributed by atoms with Crippen molar-refractivity contribution in [2.75, 3.05) is 31.1 Å². The Balaban J connectivity index is 1.72. The largest absolute Gasteiger partial charge is 0.332 e. The molecule has 8 heteroatoms. The highest BCUT2D eigenvalue weighted by atomic mass is 32.2. The van der Waals surface area contributed by atoms with E-state index in [0.717, 1.165) is 12.1 Å². The summed E-state index contributed by atoms with van der Waals surface area (Å²) in [6.07, 6.45) is 1.57. The monoisotopic (exact) mass is 400 g/mol. The fourth-order valence-electron chi connectivity index (χ4n) is 4.27. The van der Waals surface area contributed by atoms with Crippen molar-refractivity contribution in [2.45, 2.75) is 25.9 Å². The normalized spacial score (nSPS) is 24.1. The molecule has 148 valence electrons. The molecule has 2 aliphatic heterocycles. The molecule has 28 heavy (non-hydrogen) atoms. The Bertz CT molecular complexity index is 994. The predicted molar refractivity (Wildman–Crippen MR) is 107 cm³/mol. The zero-order valence-electron chi connectivity index (χ0n) is 16.1. The number of sulfone groups is 1. The van der Waals surface area contributed by atoms with Crippen LogP contribution in [0.2, 0.25) is 0 Å². The standard InChI is InChI=1S/C20H24N4O3S/c1-3-23-9-10-24(18-13-28(26,27)12-17(18)23)20(25)16-11-21-14(2)22-19(16)15-7-5-4-6-8-15/h4-8,11,17-18H,3,9-10,12-13H2,1-2H3/t17-,18+/m1/s1. The van der Waals surface area contributed by atoms with Crippen LogP contribution in [0.4, 0.5) is 0 Å². The van der Waals surface area contributed by atoms with Crippen molar-refractivity contribution in [2.24, 2.45) is 0 Å². The molecule has 1 aromatic carbocycles. The molecule has 0 bridgehead atoms. The van der Waals surface area contributed by atoms with Gasteiger partial charge in [0.25, 0.3) is 5.91 Å². The van der Waals surface area contributed by atoms with E-state index in [2.05, 4.69) is 14.9 Å². The minimum absolute atomic E-state index is 0.0211. The summed E-state index contributed by atoms with van der Waals surface area (Å²) < 4.78 is 24.6. The molecule has 2 saturated heterocycles. The second-order valence-electron chi connectivity index (χ2n) is 7.38. The van der Waals surface area contributed by atoms with Gasteiger partial charge in [0, 0.05) is 30.9 Å². The van der Waals surface area contributed by atoms with Crippen molar-refractivity contribution in [1.29, 1.82) is 0 Å². The van der Waals surface area contributed by atoms with Gasteiger partial charge in [0.1, 0.15) is 5.82 Å². The highest BCUT2D eigenvalue weighted by Gasteiger charge is 2.48. The van der Waals surface area contributed by atoms with E-state index in [9.17, 15) is 13.2 Å². The fraction of sp³-hybridized carbons (Fsp3) is 0.450. The third-order valence-corrected chi connectivity index (χ3v) is 7.34. The van der Waals surface area contributed by atoms with Gasteiger partial charge in [-0.1, -0.05) is 37.3 Å². The van der Waals surface area contributed by atoms with Gasteiger partial charge in [0.15, 0.2) is 9.84 Å². The number of amides is 1. The third-order valence-electron chi connectivity index (χ3n) is 5.64. The lowest BCUT2D eigenvalue weighted by atomic mass is 10.0. The van der Waals surface area contributed by atoms with Crippen LogP contribution in [0.5, 0.6) is 0 Å². The second kappa shape index (κ2) is 7.25. The minimum atomic E-state index is -3.16. The molecule has 3 heterocycles. The minimum Gasteiger partial charge on any atom is -0.332 e. The molecule has 0 spiro atoms. The Morgan fingerprint density at radius 1 is 1.14 bits per heavy atom. The summed E-state index contributed by atoms with van der Waals surface area (Å²) in [6.45, 7) is 5.78. The zero-order valence-corrected chi connectivity index (χ0v) is 16.9. The maximum Gasteiger partial charge on any atom is 0.258 e. The van der Waals surface area contributed by atoms with Crippen LogP contribution < -0.4 is 0 Å². The van der Waals surface area contributed by atoms with Gasteiger partial charge in [0.05, 0.1) is 28.8 Å². The number of rotatable bonds is 3. The number of carbonyl (C=O) groups is 1. The Hall–Kier alpha value is -2.32. The highest BCUT2D eigenvalue weighted by molar-refractivity contribution is 7.91. The van der Waals surface area contributed by atoms with Crippen LogP contribution in [-0.2, 0) is 9.84 Å². The number of aromatic nitrogens is 2. The molecule has 2 aromatic rings. The van der Waals surface area contributed by atoms with Crippen molar-refractivity contribution in [3.05, 3.63) is 47.9 Å². The van der Waals surface area contributed by atoms with E-state index in [4.69, 9.17) is 0 Å². The SMILES string of the molecule is CCN1CCN(C(=O)c2cnc(C)nc2-c2ccccc2)[C@H]2CS(=O)(=O)C[C@H]21. The van der Waals surface area contributed by atoms with Crippen LogP contribution in [0.15, 0.2) is 36.5 Å². The number of hydrogen-bond acceptors (Lipinski definition) is 6. The topological polar surface area (TPSA) is 83.5 Å². The van der Waals surface area contributed by atoms with Gasteiger partial charge in [-0.3, -0.25) is 9.69 Å². The van der Waals surface area contributed by atoms with Gasteiger partial charge in [0.2, 0.25) is 0 Å². The Kier molecular flexibility index (Phi) is 4.93. The quantitative estimate of drug-likeness (QED) is 0.774. The lowest BCUT2D eigenvalue weighted by molar-refractivity contribution is 0.0349. The number of carbonyl (C=O) groups excluding carboxylic acids is 1. The van der Waals surface area contributed by atoms with Crippen molar-refractivity contribution in [3.63, 3.8) is 0 Å². The summed E-state index contributed by atoms with van der Waals surface area (Å²) in [5.41, 5.74) is 1.86. The number of hydrogen-bond donors (Lipinski definition) is 0. The van der Waals surface area contributed by atoms with Crippen LogP contribution in [0.3, 0.4) is 0 Å². The molecule has 0 unspecified atom stereocenters. The van der Waals surface area contributed by atoms with Gasteiger partial charge < -0.3 is 4.90 Å². The van der Waals surface area contributed by atoms with Gasteiger partial charge >= 0.3 is 0 Å². The first-order chi connectivity index (χ1) is 13.4. The lowest BCUT2D eigenvalue weighted by Gasteiger charge is -2.43. The van der Waals surface area contributed by atoms with E-state index in [1.165, 1.54) is 0 Å². The number of benzene rings is 1. The molecule has 0 aliphatic carbocycles. The molecule has 2 fully saturated rings. The summed E-state index contributed by atoms with van der Waals surface area (Å²) in [5.74, 6) is 0.535. The van der Waals surface area contributed by atoms with Crippen molar-refractivity contribution in [3.8, 4) is 11.3 Å². The first kappa shape index (κ1) is 19.0. The summed E-state index contributed by atoms with van der Waals surface area (Å²) in [4.78, 5) is 26.1. The molecular formula is C20H24N4O3S. The summed E-state index contributed by atoms with van der Waals surface area (Å²) in [7, 11) is -3.16. The van der Waals surface area contributed by atoms with Gasteiger partial charge in [-0.2, -0.15) is 0 Å². The fourth-order valence-corrected chi connectivity index (χ4v) is 6.28. The average Bonchev–Trinajstić information content (AvgIpc) is 3.02. The van der Waals surface area contributed by atoms with E-state index < -0.39 is 9.84 Å². The van der Waals surface area contributed by atoms with Crippen LogP contribution in [0.1, 0.15) is 23.1 Å². The predicted octanol–water partition coefficient (Wildman–Crippen LogP) is 1.40. The van der Waals surface area contributed by atoms with Crippen molar-refractivity contribution < 1.29 is 13.2 Å². The molecule has 7 nitrogen and oxygen atoms in total. The van der Waals surface area contributed by atoms with E-state index in [0.29, 0.717) is 30.2 Å². The number of fused-ring (bicyclic) bond motifs is 1. The maximum absolute atomic E-state index is 13.5. The van der Waals surface area contributed by atoms with E-state index in [1.807, 2.05) is 37.3 Å². The molecule has 0 N–H and O–H groups in total. The third kappa shape index (κ3) is 3.42. The molecule has 2 atom stereocenters. The zero-order chi connectivity index (χ0) is 19.9. The molecule has 1 aromatic heterocycles. The lowest BCUT2D eigenvalue weighted by Crippen LogP contribution is -2.60. The van der Waals surface area contributed by atoms with E-state index >= 15 is 0 Å². The van der Waals surface area contributed by atoms with Crippen molar-refractivity contribution >= 4 is 15.7 Å². The Labute approximate surface area is 165 Å². The molecule has 1 amide bonds. The van der Waals surface area contributed by atoms with E-state index in [-0.39, 0.29) is 29.5 Å². The Morgan fingerprint density at radius 2 is 1.86 bits per heavy atom. The number of aryl methyl sites for hydroxylation is 1. The number of nitrogens with zero attached hydrogens (tertiary/aromatic N) is 4. The number of likely N-dealkylation sites (N-methyl/N-ethyl adjacent to an activating group) is 1. The second-order valence-corrected chi connectivity index (χ2v) is 9.54. The average molecular weight is 401 g/mol. The van der Waals surface area contributed by atoms with Crippen LogP contribution in [-0.4, -0.2) is 77.3 Å². The Morgan fingerprint density at radius 3 is 2.57 bits per heavy atom. The maximum atomic E-state index is 13.5. The van der Waals surface area contributed by atoms with Gasteiger partial charge in [-0.05, 0) is 13.5 Å². The van der Waals surface area contributed by atoms with Gasteiger partial charge in [-0.15, -0.1) is 0 Å². The van der Waals surface area contributed by atoms with Crippen LogP contribution in [0.25, 0.3) is 11.3 Å². The first-order valence-corrected chi connectivity index (χ1v) is 11.4. The van der Waals surface area contributed by atoms with Crippen LogP contribution in [0, 0.1) is 6.92 Å². The molecular weight excluding hydrogens is 376 g/mol. The molecule has 2 aliphatic rings. The molecule has 0 radical (unpaired) electrons. The van der Waals surface area contributed by atoms with Crippen molar-refractivity contribution in [1.82, 2.24) is 19.8 Å². The highest BCUT2D eigenvalue weighted by Crippen LogP contribution is 2.30. The van der Waals surface area contributed by atoms with E-state index in [1.54, 1.807) is 18.0 Å². The first-order valence-electron chi connectivity index (χ1n) is 9.54. The smallest absolute Gasteiger partial charge is 0.258 e. The molecule has 4 rings (SSSR count). The molecule has 0 saturated carbocycles. The summed E-state index contributed by atoms with van der Waals surface area (Å²) in [6, 6.07) is 9.08. The van der Waals surface area contributed by atoms with Crippen LogP contribution >= 0.6 is 0 Å². The number of piperazine rings is 1.